The first kappa shape index (κ1) is 15.2. The van der Waals surface area contributed by atoms with Gasteiger partial charge in [-0.05, 0) is 26.2 Å². The summed E-state index contributed by atoms with van der Waals surface area (Å²) < 4.78 is 10.6. The van der Waals surface area contributed by atoms with Gasteiger partial charge >= 0.3 is 0 Å². The van der Waals surface area contributed by atoms with E-state index in [2.05, 4.69) is 6.92 Å². The van der Waals surface area contributed by atoms with E-state index >= 15 is 0 Å². The van der Waals surface area contributed by atoms with Gasteiger partial charge in [-0.3, -0.25) is 0 Å². The van der Waals surface area contributed by atoms with Gasteiger partial charge in [-0.2, -0.15) is 0 Å². The highest BCUT2D eigenvalue weighted by molar-refractivity contribution is 6.20. The maximum Gasteiger partial charge on any atom is 0.146 e. The number of alkyl halides is 1. The van der Waals surface area contributed by atoms with Crippen LogP contribution >= 0.6 is 11.6 Å². The van der Waals surface area contributed by atoms with E-state index in [1.165, 1.54) is 19.3 Å². The summed E-state index contributed by atoms with van der Waals surface area (Å²) in [5, 5.41) is 0.253. The zero-order valence-corrected chi connectivity index (χ0v) is 10.9. The highest BCUT2D eigenvalue weighted by atomic mass is 35.5. The topological polar surface area (TPSA) is 18.5 Å². The molecule has 0 amide bonds. The molecule has 0 aliphatic carbocycles. The second-order valence-corrected chi connectivity index (χ2v) is 4.66. The fraction of sp³-hybridized carbons (Fsp3) is 1.00. The van der Waals surface area contributed by atoms with Gasteiger partial charge in [-0.15, -0.1) is 11.6 Å². The molecular weight excluding hydrogens is 212 g/mol. The molecule has 0 fully saturated rings. The van der Waals surface area contributed by atoms with Crippen LogP contribution in [0.3, 0.4) is 0 Å². The number of hydrogen-bond acceptors (Lipinski definition) is 2. The molecule has 0 aromatic heterocycles. The van der Waals surface area contributed by atoms with Gasteiger partial charge in [-0.1, -0.05) is 26.2 Å². The fourth-order valence-corrected chi connectivity index (χ4v) is 1.43. The quantitative estimate of drug-likeness (QED) is 0.307. The van der Waals surface area contributed by atoms with Gasteiger partial charge in [0.05, 0.1) is 0 Å². The van der Waals surface area contributed by atoms with E-state index in [0.29, 0.717) is 6.79 Å². The molecule has 0 aromatic carbocycles. The Kier molecular flexibility index (Phi) is 12.5. The van der Waals surface area contributed by atoms with Crippen LogP contribution in [0.1, 0.15) is 52.4 Å². The Morgan fingerprint density at radius 1 is 1.00 bits per heavy atom. The van der Waals surface area contributed by atoms with Crippen molar-refractivity contribution < 1.29 is 9.47 Å². The average molecular weight is 237 g/mol. The summed E-state index contributed by atoms with van der Waals surface area (Å²) in [5.41, 5.74) is 0. The van der Waals surface area contributed by atoms with Gasteiger partial charge in [0.25, 0.3) is 0 Å². The number of unbranched alkanes of at least 4 members (excludes halogenated alkanes) is 3. The number of hydrogen-bond donors (Lipinski definition) is 0. The minimum Gasteiger partial charge on any atom is -0.355 e. The fourth-order valence-electron chi connectivity index (χ4n) is 1.27. The van der Waals surface area contributed by atoms with Crippen LogP contribution in [0.5, 0.6) is 0 Å². The minimum absolute atomic E-state index is 0.253. The van der Waals surface area contributed by atoms with Crippen molar-refractivity contribution in [3.05, 3.63) is 0 Å². The van der Waals surface area contributed by atoms with E-state index in [1.54, 1.807) is 0 Å². The smallest absolute Gasteiger partial charge is 0.146 e. The molecule has 0 bridgehead atoms. The lowest BCUT2D eigenvalue weighted by molar-refractivity contribution is -0.0554. The van der Waals surface area contributed by atoms with E-state index in [1.807, 2.05) is 6.92 Å². The standard InChI is InChI=1S/C12H25ClO2/c1-3-4-5-6-9-14-11-15-10-7-8-12(2)13/h12H,3-11H2,1-2H3. The van der Waals surface area contributed by atoms with E-state index in [-0.39, 0.29) is 5.38 Å². The van der Waals surface area contributed by atoms with Crippen molar-refractivity contribution in [1.82, 2.24) is 0 Å². The Labute approximate surface area is 99.3 Å². The molecule has 0 aromatic rings. The first-order chi connectivity index (χ1) is 7.27. The van der Waals surface area contributed by atoms with Crippen LogP contribution in [-0.4, -0.2) is 25.4 Å². The van der Waals surface area contributed by atoms with Crippen LogP contribution in [0.4, 0.5) is 0 Å². The molecule has 3 heteroatoms. The molecule has 0 N–H and O–H groups in total. The first-order valence-corrected chi connectivity index (χ1v) is 6.50. The zero-order valence-electron chi connectivity index (χ0n) is 10.1. The number of rotatable bonds is 11. The van der Waals surface area contributed by atoms with Crippen LogP contribution in [0, 0.1) is 0 Å². The Balaban J connectivity index is 2.87. The number of ether oxygens (including phenoxy) is 2. The molecule has 92 valence electrons. The third kappa shape index (κ3) is 14.2. The van der Waals surface area contributed by atoms with Crippen molar-refractivity contribution in [2.45, 2.75) is 57.7 Å². The van der Waals surface area contributed by atoms with Gasteiger partial charge in [0.2, 0.25) is 0 Å². The first-order valence-electron chi connectivity index (χ1n) is 6.07. The minimum atomic E-state index is 0.253. The van der Waals surface area contributed by atoms with Crippen LogP contribution in [0.2, 0.25) is 0 Å². The van der Waals surface area contributed by atoms with E-state index < -0.39 is 0 Å². The van der Waals surface area contributed by atoms with Crippen molar-refractivity contribution >= 4 is 11.6 Å². The van der Waals surface area contributed by atoms with Gasteiger partial charge in [0.1, 0.15) is 6.79 Å². The largest absolute Gasteiger partial charge is 0.355 e. The SMILES string of the molecule is CCCCCCOCOCCCC(C)Cl. The normalized spacial score (nSPS) is 13.0. The van der Waals surface area contributed by atoms with Crippen molar-refractivity contribution in [1.29, 1.82) is 0 Å². The lowest BCUT2D eigenvalue weighted by Gasteiger charge is -2.06. The molecular formula is C12H25ClO2. The highest BCUT2D eigenvalue weighted by Gasteiger charge is 1.95. The molecule has 0 rings (SSSR count). The van der Waals surface area contributed by atoms with Crippen LogP contribution in [0.15, 0.2) is 0 Å². The molecule has 0 spiro atoms. The summed E-state index contributed by atoms with van der Waals surface area (Å²) in [4.78, 5) is 0. The zero-order chi connectivity index (χ0) is 11.4. The predicted molar refractivity (Wildman–Crippen MR) is 65.5 cm³/mol. The average Bonchev–Trinajstić information content (AvgIpc) is 2.20. The van der Waals surface area contributed by atoms with Crippen molar-refractivity contribution in [2.24, 2.45) is 0 Å². The summed E-state index contributed by atoms with van der Waals surface area (Å²) >= 11 is 5.80. The molecule has 0 aliphatic heterocycles. The van der Waals surface area contributed by atoms with Crippen molar-refractivity contribution in [2.75, 3.05) is 20.0 Å². The molecule has 1 unspecified atom stereocenters. The molecule has 0 radical (unpaired) electrons. The van der Waals surface area contributed by atoms with Crippen LogP contribution in [0.25, 0.3) is 0 Å². The lowest BCUT2D eigenvalue weighted by atomic mass is 10.2. The van der Waals surface area contributed by atoms with Gasteiger partial charge in [0.15, 0.2) is 0 Å². The second kappa shape index (κ2) is 12.3. The van der Waals surface area contributed by atoms with Gasteiger partial charge < -0.3 is 9.47 Å². The number of halogens is 1. The third-order valence-electron chi connectivity index (χ3n) is 2.20. The Bertz CT molecular complexity index is 118. The van der Waals surface area contributed by atoms with Crippen LogP contribution in [-0.2, 0) is 9.47 Å². The van der Waals surface area contributed by atoms with Crippen LogP contribution < -0.4 is 0 Å². The molecule has 15 heavy (non-hydrogen) atoms. The van der Waals surface area contributed by atoms with Gasteiger partial charge in [-0.25, -0.2) is 0 Å². The molecule has 0 saturated carbocycles. The molecule has 0 heterocycles. The summed E-state index contributed by atoms with van der Waals surface area (Å²) in [6, 6.07) is 0. The predicted octanol–water partition coefficient (Wildman–Crippen LogP) is 3.96. The molecule has 2 nitrogen and oxygen atoms in total. The van der Waals surface area contributed by atoms with E-state index in [9.17, 15) is 0 Å². The summed E-state index contributed by atoms with van der Waals surface area (Å²) in [7, 11) is 0. The summed E-state index contributed by atoms with van der Waals surface area (Å²) in [6.07, 6.45) is 7.02. The highest BCUT2D eigenvalue weighted by Crippen LogP contribution is 2.03. The molecule has 1 atom stereocenters. The Morgan fingerprint density at radius 3 is 2.27 bits per heavy atom. The maximum atomic E-state index is 5.80. The van der Waals surface area contributed by atoms with Crippen molar-refractivity contribution in [3.8, 4) is 0 Å². The summed E-state index contributed by atoms with van der Waals surface area (Å²) in [5.74, 6) is 0. The van der Waals surface area contributed by atoms with Gasteiger partial charge in [0, 0.05) is 18.6 Å². The maximum absolute atomic E-state index is 5.80. The third-order valence-corrected chi connectivity index (χ3v) is 2.42. The second-order valence-electron chi connectivity index (χ2n) is 3.92. The monoisotopic (exact) mass is 236 g/mol. The Hall–Kier alpha value is 0.210. The van der Waals surface area contributed by atoms with Crippen molar-refractivity contribution in [3.63, 3.8) is 0 Å². The van der Waals surface area contributed by atoms with E-state index in [4.69, 9.17) is 21.1 Å². The molecule has 0 aliphatic rings. The summed E-state index contributed by atoms with van der Waals surface area (Å²) in [6.45, 7) is 6.23. The lowest BCUT2D eigenvalue weighted by Crippen LogP contribution is -2.04. The van der Waals surface area contributed by atoms with E-state index in [0.717, 1.165) is 32.5 Å². The Morgan fingerprint density at radius 2 is 1.67 bits per heavy atom. The molecule has 0 saturated heterocycles.